The van der Waals surface area contributed by atoms with Crippen molar-refractivity contribution in [2.75, 3.05) is 17.9 Å². The molecule has 3 rings (SSSR count). The number of nitrogens with zero attached hydrogens (tertiary/aromatic N) is 2. The third-order valence-corrected chi connectivity index (χ3v) is 9.12. The molecular weight excluding hydrogens is 592 g/mol. The molecule has 1 N–H and O–H groups in total. The van der Waals surface area contributed by atoms with Crippen LogP contribution in [0.15, 0.2) is 65.6 Å². The summed E-state index contributed by atoms with van der Waals surface area (Å²) < 4.78 is 28.5. The van der Waals surface area contributed by atoms with Gasteiger partial charge in [-0.3, -0.25) is 13.9 Å². The predicted molar refractivity (Wildman–Crippen MR) is 153 cm³/mol. The van der Waals surface area contributed by atoms with E-state index in [9.17, 15) is 18.0 Å². The summed E-state index contributed by atoms with van der Waals surface area (Å²) >= 11 is 24.9. The van der Waals surface area contributed by atoms with E-state index in [4.69, 9.17) is 46.4 Å². The molecule has 0 saturated heterocycles. The van der Waals surface area contributed by atoms with E-state index in [0.717, 1.165) is 9.87 Å². The van der Waals surface area contributed by atoms with Crippen LogP contribution < -0.4 is 9.62 Å². The van der Waals surface area contributed by atoms with Crippen molar-refractivity contribution >= 4 is 73.9 Å². The number of amides is 2. The van der Waals surface area contributed by atoms with Crippen molar-refractivity contribution in [1.82, 2.24) is 10.2 Å². The van der Waals surface area contributed by atoms with Crippen molar-refractivity contribution in [3.63, 3.8) is 0 Å². The number of sulfonamides is 1. The average molecular weight is 617 g/mol. The van der Waals surface area contributed by atoms with E-state index in [1.54, 1.807) is 30.3 Å². The van der Waals surface area contributed by atoms with Gasteiger partial charge in [-0.2, -0.15) is 0 Å². The summed E-state index contributed by atoms with van der Waals surface area (Å²) in [5.41, 5.74) is 1.40. The third kappa shape index (κ3) is 6.74. The topological polar surface area (TPSA) is 86.8 Å². The molecule has 0 bridgehead atoms. The Morgan fingerprint density at radius 3 is 2.05 bits per heavy atom. The second-order valence-corrected chi connectivity index (χ2v) is 11.9. The fourth-order valence-electron chi connectivity index (χ4n) is 3.65. The SMILES string of the molecule is CNC(=O)[C@H](C)N(Cc1c(Cl)cccc1Cl)C(=O)CN(c1ccc(Cl)c(Cl)c1)S(=O)(=O)c1ccc(C)cc1. The molecule has 2 amide bonds. The third-order valence-electron chi connectivity index (χ3n) is 5.88. The highest BCUT2D eigenvalue weighted by molar-refractivity contribution is 7.92. The number of rotatable bonds is 9. The first-order chi connectivity index (χ1) is 17.9. The second-order valence-electron chi connectivity index (χ2n) is 8.44. The van der Waals surface area contributed by atoms with Crippen LogP contribution in [0.1, 0.15) is 18.1 Å². The molecule has 0 aromatic heterocycles. The van der Waals surface area contributed by atoms with Crippen LogP contribution in [0.5, 0.6) is 0 Å². The van der Waals surface area contributed by atoms with Gasteiger partial charge in [0.25, 0.3) is 10.0 Å². The van der Waals surface area contributed by atoms with Crippen molar-refractivity contribution in [1.29, 1.82) is 0 Å². The first kappa shape index (κ1) is 30.1. The van der Waals surface area contributed by atoms with Crippen molar-refractivity contribution in [2.24, 2.45) is 0 Å². The van der Waals surface area contributed by atoms with Crippen LogP contribution in [0.2, 0.25) is 20.1 Å². The van der Waals surface area contributed by atoms with E-state index in [1.165, 1.54) is 49.2 Å². The van der Waals surface area contributed by atoms with E-state index < -0.39 is 34.4 Å². The number of carbonyl (C=O) groups excluding carboxylic acids is 2. The molecule has 7 nitrogen and oxygen atoms in total. The van der Waals surface area contributed by atoms with Gasteiger partial charge in [-0.05, 0) is 56.3 Å². The van der Waals surface area contributed by atoms with Gasteiger partial charge in [0.2, 0.25) is 11.8 Å². The molecule has 3 aromatic rings. The Morgan fingerprint density at radius 1 is 0.895 bits per heavy atom. The van der Waals surface area contributed by atoms with Gasteiger partial charge in [-0.1, -0.05) is 70.2 Å². The summed E-state index contributed by atoms with van der Waals surface area (Å²) in [6.45, 7) is 2.58. The van der Waals surface area contributed by atoms with E-state index in [0.29, 0.717) is 15.6 Å². The van der Waals surface area contributed by atoms with Crippen molar-refractivity contribution in [3.05, 3.63) is 91.9 Å². The maximum atomic E-state index is 13.8. The number of benzene rings is 3. The van der Waals surface area contributed by atoms with Crippen LogP contribution >= 0.6 is 46.4 Å². The highest BCUT2D eigenvalue weighted by Crippen LogP contribution is 2.31. The summed E-state index contributed by atoms with van der Waals surface area (Å²) in [6, 6.07) is 14.4. The van der Waals surface area contributed by atoms with Gasteiger partial charge >= 0.3 is 0 Å². The normalized spacial score (nSPS) is 12.1. The van der Waals surface area contributed by atoms with Gasteiger partial charge < -0.3 is 10.2 Å². The molecule has 0 aliphatic carbocycles. The molecule has 0 heterocycles. The number of aryl methyl sites for hydroxylation is 1. The van der Waals surface area contributed by atoms with Gasteiger partial charge in [0, 0.05) is 29.2 Å². The summed E-state index contributed by atoms with van der Waals surface area (Å²) in [5, 5.41) is 3.44. The molecule has 0 radical (unpaired) electrons. The van der Waals surface area contributed by atoms with Crippen molar-refractivity contribution in [3.8, 4) is 0 Å². The van der Waals surface area contributed by atoms with Gasteiger partial charge in [0.15, 0.2) is 0 Å². The highest BCUT2D eigenvalue weighted by atomic mass is 35.5. The molecule has 1 atom stereocenters. The first-order valence-electron chi connectivity index (χ1n) is 11.3. The Kier molecular flexibility index (Phi) is 9.95. The zero-order chi connectivity index (χ0) is 28.2. The van der Waals surface area contributed by atoms with Gasteiger partial charge in [0.1, 0.15) is 12.6 Å². The van der Waals surface area contributed by atoms with Crippen molar-refractivity contribution < 1.29 is 18.0 Å². The lowest BCUT2D eigenvalue weighted by molar-refractivity contribution is -0.139. The number of anilines is 1. The maximum absolute atomic E-state index is 13.8. The van der Waals surface area contributed by atoms with Crippen LogP contribution in [-0.4, -0.2) is 44.8 Å². The van der Waals surface area contributed by atoms with E-state index in [1.807, 2.05) is 6.92 Å². The second kappa shape index (κ2) is 12.6. The van der Waals surface area contributed by atoms with Crippen LogP contribution in [0, 0.1) is 6.92 Å². The minimum absolute atomic E-state index is 0.0259. The molecule has 38 heavy (non-hydrogen) atoms. The standard InChI is InChI=1S/C26H25Cl4N3O4S/c1-16-7-10-19(11-8-16)38(36,37)33(18-9-12-23(29)24(30)13-18)15-25(34)32(17(2)26(35)31-3)14-20-21(27)5-4-6-22(20)28/h4-13,17H,14-15H2,1-3H3,(H,31,35)/t17-/m0/s1. The Hall–Kier alpha value is -2.49. The van der Waals surface area contributed by atoms with E-state index in [-0.39, 0.29) is 27.2 Å². The molecule has 202 valence electrons. The van der Waals surface area contributed by atoms with Gasteiger partial charge in [-0.15, -0.1) is 0 Å². The summed E-state index contributed by atoms with van der Waals surface area (Å²) in [5.74, 6) is -1.12. The van der Waals surface area contributed by atoms with Crippen LogP contribution in [0.3, 0.4) is 0 Å². The van der Waals surface area contributed by atoms with E-state index in [2.05, 4.69) is 5.32 Å². The highest BCUT2D eigenvalue weighted by Gasteiger charge is 2.33. The number of nitrogens with one attached hydrogen (secondary N) is 1. The Balaban J connectivity index is 2.09. The molecule has 3 aromatic carbocycles. The minimum Gasteiger partial charge on any atom is -0.357 e. The molecule has 0 aliphatic rings. The van der Waals surface area contributed by atoms with Gasteiger partial charge in [-0.25, -0.2) is 8.42 Å². The summed E-state index contributed by atoms with van der Waals surface area (Å²) in [4.78, 5) is 27.6. The first-order valence-corrected chi connectivity index (χ1v) is 14.3. The van der Waals surface area contributed by atoms with Gasteiger partial charge in [0.05, 0.1) is 20.6 Å². The summed E-state index contributed by atoms with van der Waals surface area (Å²) in [7, 11) is -2.80. The lowest BCUT2D eigenvalue weighted by Crippen LogP contribution is -2.50. The number of halogens is 4. The van der Waals surface area contributed by atoms with E-state index >= 15 is 0 Å². The fourth-order valence-corrected chi connectivity index (χ4v) is 5.87. The molecule has 0 spiro atoms. The minimum atomic E-state index is -4.24. The fraction of sp³-hybridized carbons (Fsp3) is 0.231. The average Bonchev–Trinajstić information content (AvgIpc) is 2.88. The monoisotopic (exact) mass is 615 g/mol. The van der Waals surface area contributed by atoms with Crippen LogP contribution in [0.25, 0.3) is 0 Å². The molecule has 0 unspecified atom stereocenters. The van der Waals surface area contributed by atoms with Crippen LogP contribution in [-0.2, 0) is 26.2 Å². The lowest BCUT2D eigenvalue weighted by Gasteiger charge is -2.32. The number of likely N-dealkylation sites (N-methyl/N-ethyl adjacent to an activating group) is 1. The molecule has 12 heteroatoms. The smallest absolute Gasteiger partial charge is 0.264 e. The molecular formula is C26H25Cl4N3O4S. The maximum Gasteiger partial charge on any atom is 0.264 e. The predicted octanol–water partition coefficient (Wildman–Crippen LogP) is 5.97. The Bertz CT molecular complexity index is 1430. The Morgan fingerprint density at radius 2 is 1.50 bits per heavy atom. The lowest BCUT2D eigenvalue weighted by atomic mass is 10.1. The van der Waals surface area contributed by atoms with Crippen molar-refractivity contribution in [2.45, 2.75) is 31.3 Å². The number of hydrogen-bond acceptors (Lipinski definition) is 4. The molecule has 0 fully saturated rings. The number of hydrogen-bond donors (Lipinski definition) is 1. The van der Waals surface area contributed by atoms with Crippen LogP contribution in [0.4, 0.5) is 5.69 Å². The largest absolute Gasteiger partial charge is 0.357 e. The molecule has 0 aliphatic heterocycles. The quantitative estimate of drug-likeness (QED) is 0.321. The summed E-state index contributed by atoms with van der Waals surface area (Å²) in [6.07, 6.45) is 0. The molecule has 0 saturated carbocycles. The Labute approximate surface area is 242 Å². The zero-order valence-corrected chi connectivity index (χ0v) is 24.6. The number of carbonyl (C=O) groups is 2. The zero-order valence-electron chi connectivity index (χ0n) is 20.7.